The SMILES string of the molecule is CCN1CCC[C@H]1CNC(=O)[C@H]1[C@@H]2CNC[C@@H](C2)c2cccc(=O)n21. The van der Waals surface area contributed by atoms with Crippen LogP contribution in [0.3, 0.4) is 0 Å². The van der Waals surface area contributed by atoms with Gasteiger partial charge >= 0.3 is 0 Å². The fourth-order valence-electron chi connectivity index (χ4n) is 5.00. The number of hydrogen-bond acceptors (Lipinski definition) is 4. The number of fused-ring (bicyclic) bond motifs is 4. The molecule has 1 amide bonds. The molecular weight excluding hydrogens is 316 g/mol. The molecule has 4 atom stereocenters. The maximum Gasteiger partial charge on any atom is 0.251 e. The number of aromatic nitrogens is 1. The van der Waals surface area contributed by atoms with Gasteiger partial charge in [-0.25, -0.2) is 0 Å². The van der Waals surface area contributed by atoms with Gasteiger partial charge in [0.1, 0.15) is 6.04 Å². The molecule has 0 unspecified atom stereocenters. The Balaban J connectivity index is 1.55. The Morgan fingerprint density at radius 3 is 3.08 bits per heavy atom. The van der Waals surface area contributed by atoms with Gasteiger partial charge in [-0.05, 0) is 38.4 Å². The Morgan fingerprint density at radius 2 is 2.24 bits per heavy atom. The molecule has 6 nitrogen and oxygen atoms in total. The first-order valence-electron chi connectivity index (χ1n) is 9.63. The molecular formula is C19H28N4O2. The minimum Gasteiger partial charge on any atom is -0.353 e. The summed E-state index contributed by atoms with van der Waals surface area (Å²) in [5, 5.41) is 6.60. The van der Waals surface area contributed by atoms with Crippen molar-refractivity contribution in [2.75, 3.05) is 32.7 Å². The number of amides is 1. The summed E-state index contributed by atoms with van der Waals surface area (Å²) in [5.41, 5.74) is 0.956. The third-order valence-electron chi connectivity index (χ3n) is 6.23. The monoisotopic (exact) mass is 344 g/mol. The molecule has 2 fully saturated rings. The van der Waals surface area contributed by atoms with Gasteiger partial charge in [0.15, 0.2) is 0 Å². The summed E-state index contributed by atoms with van der Waals surface area (Å²) in [4.78, 5) is 28.0. The van der Waals surface area contributed by atoms with Crippen LogP contribution in [0.4, 0.5) is 0 Å². The van der Waals surface area contributed by atoms with E-state index in [1.165, 1.54) is 6.42 Å². The highest BCUT2D eigenvalue weighted by Crippen LogP contribution is 2.38. The van der Waals surface area contributed by atoms with E-state index in [-0.39, 0.29) is 23.4 Å². The molecule has 0 saturated carbocycles. The predicted octanol–water partition coefficient (Wildman–Crippen LogP) is 0.697. The zero-order valence-electron chi connectivity index (χ0n) is 14.9. The highest BCUT2D eigenvalue weighted by molar-refractivity contribution is 5.81. The summed E-state index contributed by atoms with van der Waals surface area (Å²) >= 11 is 0. The van der Waals surface area contributed by atoms with E-state index in [4.69, 9.17) is 0 Å². The van der Waals surface area contributed by atoms with Crippen molar-refractivity contribution in [1.29, 1.82) is 0 Å². The molecule has 1 aromatic rings. The lowest BCUT2D eigenvalue weighted by atomic mass is 9.79. The molecule has 3 aliphatic heterocycles. The van der Waals surface area contributed by atoms with E-state index in [9.17, 15) is 9.59 Å². The van der Waals surface area contributed by atoms with Crippen molar-refractivity contribution in [3.05, 3.63) is 34.2 Å². The molecule has 2 bridgehead atoms. The van der Waals surface area contributed by atoms with Crippen LogP contribution >= 0.6 is 0 Å². The van der Waals surface area contributed by atoms with Crippen molar-refractivity contribution >= 4 is 5.91 Å². The van der Waals surface area contributed by atoms with Gasteiger partial charge in [0, 0.05) is 49.3 Å². The largest absolute Gasteiger partial charge is 0.353 e. The first-order chi connectivity index (χ1) is 12.2. The molecule has 1 aromatic heterocycles. The van der Waals surface area contributed by atoms with Crippen molar-refractivity contribution in [1.82, 2.24) is 20.1 Å². The number of carbonyl (C=O) groups excluding carboxylic acids is 1. The quantitative estimate of drug-likeness (QED) is 0.844. The molecule has 2 N–H and O–H groups in total. The molecule has 0 aliphatic carbocycles. The van der Waals surface area contributed by atoms with E-state index in [0.717, 1.165) is 44.7 Å². The Hall–Kier alpha value is -1.66. The average Bonchev–Trinajstić information content (AvgIpc) is 3.09. The van der Waals surface area contributed by atoms with Crippen molar-refractivity contribution in [2.45, 2.75) is 44.2 Å². The highest BCUT2D eigenvalue weighted by Gasteiger charge is 2.41. The molecule has 4 heterocycles. The molecule has 0 radical (unpaired) electrons. The first kappa shape index (κ1) is 16.8. The topological polar surface area (TPSA) is 66.4 Å². The molecule has 136 valence electrons. The van der Waals surface area contributed by atoms with Crippen molar-refractivity contribution < 1.29 is 4.79 Å². The summed E-state index contributed by atoms with van der Waals surface area (Å²) < 4.78 is 1.77. The summed E-state index contributed by atoms with van der Waals surface area (Å²) in [6, 6.07) is 5.45. The normalized spacial score (nSPS) is 31.6. The molecule has 6 heteroatoms. The Bertz CT molecular complexity index is 701. The van der Waals surface area contributed by atoms with Crippen LogP contribution in [0, 0.1) is 5.92 Å². The van der Waals surface area contributed by atoms with Crippen LogP contribution in [0.1, 0.15) is 43.8 Å². The number of pyridine rings is 1. The zero-order chi connectivity index (χ0) is 17.4. The Labute approximate surface area is 148 Å². The van der Waals surface area contributed by atoms with Gasteiger partial charge in [0.2, 0.25) is 5.91 Å². The standard InChI is InChI=1S/C19H28N4O2/c1-2-22-8-4-5-15(22)12-21-19(25)18-14-9-13(10-20-11-14)16-6-3-7-17(24)23(16)18/h3,6-7,13-15,18,20H,2,4-5,8-12H2,1H3,(H,21,25)/t13-,14+,15+,18-/m1/s1. The van der Waals surface area contributed by atoms with Gasteiger partial charge < -0.3 is 10.6 Å². The Morgan fingerprint density at radius 1 is 1.36 bits per heavy atom. The number of likely N-dealkylation sites (N-methyl/N-ethyl adjacent to an activating group) is 1. The number of piperidine rings is 1. The van der Waals surface area contributed by atoms with Crippen LogP contribution in [-0.2, 0) is 4.79 Å². The molecule has 3 aliphatic rings. The average molecular weight is 344 g/mol. The summed E-state index contributed by atoms with van der Waals surface area (Å²) in [6.07, 6.45) is 3.33. The highest BCUT2D eigenvalue weighted by atomic mass is 16.2. The van der Waals surface area contributed by atoms with Crippen LogP contribution in [0.25, 0.3) is 0 Å². The third-order valence-corrected chi connectivity index (χ3v) is 6.23. The maximum absolute atomic E-state index is 13.0. The van der Waals surface area contributed by atoms with E-state index >= 15 is 0 Å². The first-order valence-corrected chi connectivity index (χ1v) is 9.63. The summed E-state index contributed by atoms with van der Waals surface area (Å²) in [6.45, 7) is 6.70. The van der Waals surface area contributed by atoms with Crippen LogP contribution in [-0.4, -0.2) is 54.1 Å². The lowest BCUT2D eigenvalue weighted by Crippen LogP contribution is -2.53. The lowest BCUT2D eigenvalue weighted by molar-refractivity contribution is -0.127. The predicted molar refractivity (Wildman–Crippen MR) is 96.7 cm³/mol. The van der Waals surface area contributed by atoms with Gasteiger partial charge in [-0.1, -0.05) is 13.0 Å². The van der Waals surface area contributed by atoms with E-state index in [0.29, 0.717) is 18.5 Å². The molecule has 25 heavy (non-hydrogen) atoms. The molecule has 0 aromatic carbocycles. The summed E-state index contributed by atoms with van der Waals surface area (Å²) in [7, 11) is 0. The molecule has 0 spiro atoms. The van der Waals surface area contributed by atoms with E-state index < -0.39 is 0 Å². The smallest absolute Gasteiger partial charge is 0.251 e. The molecule has 4 rings (SSSR count). The number of nitrogens with zero attached hydrogens (tertiary/aromatic N) is 2. The van der Waals surface area contributed by atoms with E-state index in [2.05, 4.69) is 22.5 Å². The van der Waals surface area contributed by atoms with Gasteiger partial charge in [-0.2, -0.15) is 0 Å². The Kier molecular flexibility index (Phi) is 4.65. The summed E-state index contributed by atoms with van der Waals surface area (Å²) in [5.74, 6) is 0.531. The fraction of sp³-hybridized carbons (Fsp3) is 0.684. The minimum absolute atomic E-state index is 0.00431. The second kappa shape index (κ2) is 6.92. The second-order valence-electron chi connectivity index (χ2n) is 7.62. The van der Waals surface area contributed by atoms with Gasteiger partial charge in [0.25, 0.3) is 5.56 Å². The van der Waals surface area contributed by atoms with Crippen LogP contribution < -0.4 is 16.2 Å². The van der Waals surface area contributed by atoms with E-state index in [1.54, 1.807) is 10.6 Å². The number of hydrogen-bond donors (Lipinski definition) is 2. The maximum atomic E-state index is 13.0. The minimum atomic E-state index is -0.385. The van der Waals surface area contributed by atoms with Crippen molar-refractivity contribution in [3.63, 3.8) is 0 Å². The van der Waals surface area contributed by atoms with Gasteiger partial charge in [-0.3, -0.25) is 19.1 Å². The van der Waals surface area contributed by atoms with E-state index in [1.807, 2.05) is 12.1 Å². The second-order valence-corrected chi connectivity index (χ2v) is 7.62. The van der Waals surface area contributed by atoms with Gasteiger partial charge in [-0.15, -0.1) is 0 Å². The van der Waals surface area contributed by atoms with Crippen LogP contribution in [0.5, 0.6) is 0 Å². The van der Waals surface area contributed by atoms with Gasteiger partial charge in [0.05, 0.1) is 0 Å². The number of likely N-dealkylation sites (tertiary alicyclic amines) is 1. The lowest BCUT2D eigenvalue weighted by Gasteiger charge is -2.42. The molecule has 2 saturated heterocycles. The fourth-order valence-corrected chi connectivity index (χ4v) is 5.00. The number of nitrogens with one attached hydrogen (secondary N) is 2. The van der Waals surface area contributed by atoms with Crippen molar-refractivity contribution in [3.8, 4) is 0 Å². The van der Waals surface area contributed by atoms with Crippen LogP contribution in [0.15, 0.2) is 23.0 Å². The van der Waals surface area contributed by atoms with Crippen molar-refractivity contribution in [2.24, 2.45) is 5.92 Å². The zero-order valence-corrected chi connectivity index (χ0v) is 14.9. The third kappa shape index (κ3) is 3.02. The number of carbonyl (C=O) groups is 1. The number of rotatable bonds is 4. The van der Waals surface area contributed by atoms with Crippen LogP contribution in [0.2, 0.25) is 0 Å².